The first-order valence-electron chi connectivity index (χ1n) is 9.66. The Morgan fingerprint density at radius 2 is 1.75 bits per heavy atom. The second-order valence-electron chi connectivity index (χ2n) is 8.13. The molecular weight excluding hydrogens is 376 g/mol. The Hall–Kier alpha value is -1.62. The summed E-state index contributed by atoms with van der Waals surface area (Å²) in [7, 11) is 0. The number of aliphatic hydroxyl groups excluding tert-OH is 1. The van der Waals surface area contributed by atoms with Crippen molar-refractivity contribution in [2.24, 2.45) is 5.92 Å². The van der Waals surface area contributed by atoms with Gasteiger partial charge in [0.25, 0.3) is 0 Å². The van der Waals surface area contributed by atoms with Gasteiger partial charge in [-0.3, -0.25) is 0 Å². The first kappa shape index (κ1) is 24.4. The zero-order valence-corrected chi connectivity index (χ0v) is 18.5. The van der Waals surface area contributed by atoms with Crippen molar-refractivity contribution in [2.45, 2.75) is 72.2 Å². The van der Waals surface area contributed by atoms with Crippen LogP contribution in [0.4, 0.5) is 0 Å². The van der Waals surface area contributed by atoms with Crippen LogP contribution in [0.2, 0.25) is 0 Å². The van der Waals surface area contributed by atoms with Crippen molar-refractivity contribution < 1.29 is 19.7 Å². The van der Waals surface area contributed by atoms with E-state index >= 15 is 0 Å². The Labute approximate surface area is 173 Å². The molecule has 0 spiro atoms. The molecule has 0 saturated carbocycles. The zero-order valence-electron chi connectivity index (χ0n) is 17.7. The number of aliphatic hydroxyl groups is 1. The van der Waals surface area contributed by atoms with Gasteiger partial charge in [0.05, 0.1) is 11.2 Å². The number of hydrogen-bond donors (Lipinski definition) is 2. The lowest BCUT2D eigenvalue weighted by Crippen LogP contribution is -2.36. The van der Waals surface area contributed by atoms with Crippen molar-refractivity contribution in [3.63, 3.8) is 0 Å². The Bertz CT molecular complexity index is 694. The average molecular weight is 409 g/mol. The summed E-state index contributed by atoms with van der Waals surface area (Å²) >= 11 is 5.98. The minimum Gasteiger partial charge on any atom is -0.478 e. The smallest absolute Gasteiger partial charge is 0.335 e. The summed E-state index contributed by atoms with van der Waals surface area (Å²) in [5, 5.41) is 20.8. The molecule has 0 heterocycles. The topological polar surface area (TPSA) is 66.8 Å². The van der Waals surface area contributed by atoms with Crippen LogP contribution in [0.3, 0.4) is 0 Å². The Morgan fingerprint density at radius 3 is 2.18 bits per heavy atom. The van der Waals surface area contributed by atoms with E-state index in [1.807, 2.05) is 52.0 Å². The van der Waals surface area contributed by atoms with E-state index in [0.29, 0.717) is 5.03 Å². The molecule has 0 radical (unpaired) electrons. The summed E-state index contributed by atoms with van der Waals surface area (Å²) in [6.07, 6.45) is 4.47. The molecule has 0 bridgehead atoms. The number of ether oxygens (including phenoxy) is 1. The second kappa shape index (κ2) is 10.8. The molecule has 156 valence electrons. The first-order chi connectivity index (χ1) is 13.0. The fourth-order valence-corrected chi connectivity index (χ4v) is 3.33. The molecule has 1 aromatic carbocycles. The van der Waals surface area contributed by atoms with Crippen LogP contribution in [0.15, 0.2) is 47.0 Å². The molecule has 1 rings (SSSR count). The van der Waals surface area contributed by atoms with Crippen molar-refractivity contribution in [3.8, 4) is 0 Å². The molecule has 28 heavy (non-hydrogen) atoms. The number of allylic oxidation sites excluding steroid dienone is 3. The normalized spacial score (nSPS) is 16.6. The van der Waals surface area contributed by atoms with Crippen LogP contribution in [0.5, 0.6) is 0 Å². The van der Waals surface area contributed by atoms with Crippen LogP contribution >= 0.6 is 11.6 Å². The second-order valence-corrected chi connectivity index (χ2v) is 8.73. The predicted molar refractivity (Wildman–Crippen MR) is 115 cm³/mol. The van der Waals surface area contributed by atoms with E-state index in [-0.39, 0.29) is 17.4 Å². The predicted octanol–water partition coefficient (Wildman–Crippen LogP) is 6.11. The molecule has 0 saturated heterocycles. The molecule has 3 unspecified atom stereocenters. The first-order valence-corrected chi connectivity index (χ1v) is 10.0. The molecule has 2 N–H and O–H groups in total. The van der Waals surface area contributed by atoms with Crippen molar-refractivity contribution in [1.29, 1.82) is 0 Å². The molecule has 0 amide bonds. The number of carboxylic acid groups (broad SMARTS) is 1. The highest BCUT2D eigenvalue weighted by molar-refractivity contribution is 6.29. The standard InChI is InChI=1S/C23H33ClO4/c1-7-8-19(17-11-13-18(14-12-17)21(25)26)20(15(2)9-10-16(3)24)22(27)28-23(4,5)6/h9-14,19-20,22,27H,7-8H2,1-6H3,(H,25,26). The maximum Gasteiger partial charge on any atom is 0.335 e. The van der Waals surface area contributed by atoms with Gasteiger partial charge in [-0.15, -0.1) is 0 Å². The largest absolute Gasteiger partial charge is 0.478 e. The van der Waals surface area contributed by atoms with E-state index in [1.54, 1.807) is 19.1 Å². The highest BCUT2D eigenvalue weighted by Gasteiger charge is 2.33. The third-order valence-corrected chi connectivity index (χ3v) is 4.63. The van der Waals surface area contributed by atoms with Gasteiger partial charge in [0.15, 0.2) is 6.29 Å². The highest BCUT2D eigenvalue weighted by Crippen LogP contribution is 2.38. The summed E-state index contributed by atoms with van der Waals surface area (Å²) in [4.78, 5) is 11.2. The number of rotatable bonds is 9. The number of carboxylic acids is 1. The zero-order chi connectivity index (χ0) is 21.5. The van der Waals surface area contributed by atoms with Crippen LogP contribution in [0, 0.1) is 5.92 Å². The fourth-order valence-electron chi connectivity index (χ4n) is 3.27. The van der Waals surface area contributed by atoms with Gasteiger partial charge in [-0.2, -0.15) is 0 Å². The lowest BCUT2D eigenvalue weighted by atomic mass is 9.78. The van der Waals surface area contributed by atoms with Gasteiger partial charge in [-0.1, -0.05) is 48.7 Å². The van der Waals surface area contributed by atoms with Crippen LogP contribution < -0.4 is 0 Å². The molecule has 0 aliphatic carbocycles. The summed E-state index contributed by atoms with van der Waals surface area (Å²) in [5.74, 6) is -1.27. The Kier molecular flexibility index (Phi) is 9.42. The van der Waals surface area contributed by atoms with Gasteiger partial charge < -0.3 is 14.9 Å². The van der Waals surface area contributed by atoms with Gasteiger partial charge in [-0.25, -0.2) is 4.79 Å². The maximum absolute atomic E-state index is 11.2. The molecule has 3 atom stereocenters. The number of halogens is 1. The number of hydrogen-bond acceptors (Lipinski definition) is 3. The van der Waals surface area contributed by atoms with Crippen LogP contribution in [0.1, 0.15) is 76.2 Å². The van der Waals surface area contributed by atoms with E-state index in [1.165, 1.54) is 0 Å². The molecule has 0 fully saturated rings. The Balaban J connectivity index is 3.39. The van der Waals surface area contributed by atoms with Gasteiger partial charge in [0.2, 0.25) is 0 Å². The highest BCUT2D eigenvalue weighted by atomic mass is 35.5. The molecule has 0 aliphatic heterocycles. The third-order valence-electron chi connectivity index (χ3n) is 4.50. The minimum atomic E-state index is -1.00. The fraction of sp³-hybridized carbons (Fsp3) is 0.522. The van der Waals surface area contributed by atoms with Gasteiger partial charge >= 0.3 is 5.97 Å². The van der Waals surface area contributed by atoms with Crippen molar-refractivity contribution in [3.05, 3.63) is 58.1 Å². The van der Waals surface area contributed by atoms with E-state index in [2.05, 4.69) is 6.92 Å². The van der Waals surface area contributed by atoms with Crippen molar-refractivity contribution in [2.75, 3.05) is 0 Å². The average Bonchev–Trinajstić information content (AvgIpc) is 2.58. The monoisotopic (exact) mass is 408 g/mol. The van der Waals surface area contributed by atoms with Crippen molar-refractivity contribution >= 4 is 17.6 Å². The summed E-state index contributed by atoms with van der Waals surface area (Å²) in [5.41, 5.74) is 1.68. The molecule has 4 nitrogen and oxygen atoms in total. The maximum atomic E-state index is 11.2. The third kappa shape index (κ3) is 7.78. The van der Waals surface area contributed by atoms with E-state index in [0.717, 1.165) is 24.0 Å². The van der Waals surface area contributed by atoms with E-state index in [4.69, 9.17) is 21.4 Å². The van der Waals surface area contributed by atoms with E-state index < -0.39 is 17.9 Å². The number of benzene rings is 1. The molecule has 0 aromatic heterocycles. The van der Waals surface area contributed by atoms with E-state index in [9.17, 15) is 9.90 Å². The summed E-state index contributed by atoms with van der Waals surface area (Å²) in [6, 6.07) is 6.87. The molecule has 5 heteroatoms. The van der Waals surface area contributed by atoms with Crippen molar-refractivity contribution in [1.82, 2.24) is 0 Å². The minimum absolute atomic E-state index is 0.0227. The SMILES string of the molecule is CCCC(c1ccc(C(=O)O)cc1)C(C(C)=CC=C(C)Cl)C(O)OC(C)(C)C. The van der Waals surface area contributed by atoms with Crippen LogP contribution in [-0.4, -0.2) is 28.1 Å². The molecular formula is C23H33ClO4. The lowest BCUT2D eigenvalue weighted by molar-refractivity contribution is -0.189. The molecule has 0 aliphatic rings. The van der Waals surface area contributed by atoms with Crippen LogP contribution in [0.25, 0.3) is 0 Å². The molecule has 1 aromatic rings. The summed E-state index contributed by atoms with van der Waals surface area (Å²) < 4.78 is 5.91. The van der Waals surface area contributed by atoms with Gasteiger partial charge in [0.1, 0.15) is 0 Å². The summed E-state index contributed by atoms with van der Waals surface area (Å²) in [6.45, 7) is 11.6. The quantitative estimate of drug-likeness (QED) is 0.382. The number of aromatic carboxylic acids is 1. The number of carbonyl (C=O) groups is 1. The van der Waals surface area contributed by atoms with Gasteiger partial charge in [-0.05, 0) is 70.7 Å². The van der Waals surface area contributed by atoms with Crippen LogP contribution in [-0.2, 0) is 4.74 Å². The lowest BCUT2D eigenvalue weighted by Gasteiger charge is -2.35. The van der Waals surface area contributed by atoms with Gasteiger partial charge in [0, 0.05) is 11.0 Å². The Morgan fingerprint density at radius 1 is 1.18 bits per heavy atom.